The largest absolute Gasteiger partial charge is 0.456 e. The summed E-state index contributed by atoms with van der Waals surface area (Å²) in [6.45, 7) is 12.5. The van der Waals surface area contributed by atoms with Gasteiger partial charge >= 0.3 is 30.0 Å². The molecule has 2 aromatic rings. The second-order valence-corrected chi connectivity index (χ2v) is 18.1. The van der Waals surface area contributed by atoms with Crippen molar-refractivity contribution in [3.8, 4) is 0 Å². The zero-order valence-electron chi connectivity index (χ0n) is 35.7. The Hall–Kier alpha value is -5.19. The molecule has 0 aromatic heterocycles. The van der Waals surface area contributed by atoms with Gasteiger partial charge in [0.05, 0.1) is 29.5 Å². The fourth-order valence-electron chi connectivity index (χ4n) is 9.77. The van der Waals surface area contributed by atoms with E-state index in [1.54, 1.807) is 69.3 Å². The number of ketones is 1. The number of alkyl halides is 1. The molecule has 2 bridgehead atoms. The first-order valence-corrected chi connectivity index (χ1v) is 20.2. The van der Waals surface area contributed by atoms with Gasteiger partial charge in [-0.1, -0.05) is 62.4 Å². The summed E-state index contributed by atoms with van der Waals surface area (Å²) in [6, 6.07) is 14.4. The van der Waals surface area contributed by atoms with Gasteiger partial charge in [0.1, 0.15) is 35.7 Å². The summed E-state index contributed by atoms with van der Waals surface area (Å²) in [4.78, 5) is 82.7. The second kappa shape index (κ2) is 16.3. The molecular formula is C45H54FNO14. The topological polar surface area (TPSA) is 210 Å². The number of aliphatic hydroxyl groups excluding tert-OH is 1. The Morgan fingerprint density at radius 3 is 2.07 bits per heavy atom. The molecule has 15 nitrogen and oxygen atoms in total. The van der Waals surface area contributed by atoms with Crippen LogP contribution in [0.1, 0.15) is 97.1 Å². The summed E-state index contributed by atoms with van der Waals surface area (Å²) in [6.07, 6.45) is -12.6. The highest BCUT2D eigenvalue weighted by Gasteiger charge is 2.78. The number of ether oxygens (including phenoxy) is 6. The molecular weight excluding hydrogens is 797 g/mol. The molecule has 1 saturated heterocycles. The van der Waals surface area contributed by atoms with Crippen molar-refractivity contribution in [1.29, 1.82) is 0 Å². The van der Waals surface area contributed by atoms with Crippen molar-refractivity contribution in [1.82, 2.24) is 5.32 Å². The number of amides is 1. The fourth-order valence-corrected chi connectivity index (χ4v) is 9.77. The number of aliphatic hydroxyl groups is 2. The van der Waals surface area contributed by atoms with Crippen LogP contribution in [0.5, 0.6) is 0 Å². The third-order valence-electron chi connectivity index (χ3n) is 12.8. The van der Waals surface area contributed by atoms with Gasteiger partial charge in [-0.2, -0.15) is 0 Å². The lowest BCUT2D eigenvalue weighted by molar-refractivity contribution is -0.341. The van der Waals surface area contributed by atoms with Crippen LogP contribution < -0.4 is 5.32 Å². The van der Waals surface area contributed by atoms with Gasteiger partial charge in [-0.3, -0.25) is 14.4 Å². The van der Waals surface area contributed by atoms with Crippen molar-refractivity contribution in [3.05, 3.63) is 82.9 Å². The molecule has 4 aliphatic rings. The van der Waals surface area contributed by atoms with Crippen molar-refractivity contribution in [2.45, 2.75) is 135 Å². The van der Waals surface area contributed by atoms with E-state index in [0.717, 1.165) is 13.8 Å². The van der Waals surface area contributed by atoms with Gasteiger partial charge < -0.3 is 44.0 Å². The Morgan fingerprint density at radius 1 is 0.918 bits per heavy atom. The number of hydrogen-bond donors (Lipinski definition) is 3. The standard InChI is InChI=1S/C45H54FNO14/c1-23-28(58-39(53)33(50)32(26-16-12-10-13-17-26)47-40(54)61-41(4,5)6)21-45(55)37(59-38(52)27-18-14-11-15-19-27)35-43(9,29(46)20-30-44(35,22-56-30)60-25(3)49)36(51)34(57-24(2)48)31(23)42(45,7)8/h10-19,28-30,32-35,37,50,55H,20-22H2,1-9H3,(H,47,54)/t28?,29?,30?,32-,33?,34+,35?,37-,43+,44-,45+/m0/s1. The van der Waals surface area contributed by atoms with E-state index in [4.69, 9.17) is 28.4 Å². The van der Waals surface area contributed by atoms with E-state index in [-0.39, 0.29) is 23.3 Å². The van der Waals surface area contributed by atoms with Gasteiger partial charge in [0, 0.05) is 32.1 Å². The highest BCUT2D eigenvalue weighted by Crippen LogP contribution is 2.65. The van der Waals surface area contributed by atoms with E-state index in [9.17, 15) is 34.2 Å². The Morgan fingerprint density at radius 2 is 1.52 bits per heavy atom. The monoisotopic (exact) mass is 851 g/mol. The van der Waals surface area contributed by atoms with Gasteiger partial charge in [0.25, 0.3) is 0 Å². The lowest BCUT2D eigenvalue weighted by atomic mass is 9.45. The van der Waals surface area contributed by atoms with Gasteiger partial charge in [0.2, 0.25) is 0 Å². The molecule has 3 aliphatic carbocycles. The van der Waals surface area contributed by atoms with E-state index in [1.807, 2.05) is 0 Å². The number of benzene rings is 2. The molecule has 3 N–H and O–H groups in total. The van der Waals surface area contributed by atoms with Crippen LogP contribution in [0.15, 0.2) is 71.8 Å². The lowest BCUT2D eigenvalue weighted by Gasteiger charge is -2.67. The molecule has 1 aliphatic heterocycles. The summed E-state index contributed by atoms with van der Waals surface area (Å²) in [5.74, 6) is -6.70. The predicted molar refractivity (Wildman–Crippen MR) is 212 cm³/mol. The summed E-state index contributed by atoms with van der Waals surface area (Å²) in [7, 11) is 0. The Balaban J connectivity index is 1.54. The van der Waals surface area contributed by atoms with Crippen molar-refractivity contribution < 1.29 is 71.8 Å². The Labute approximate surface area is 353 Å². The zero-order chi connectivity index (χ0) is 45.0. The van der Waals surface area contributed by atoms with E-state index in [0.29, 0.717) is 5.56 Å². The maximum absolute atomic E-state index is 17.1. The molecule has 61 heavy (non-hydrogen) atoms. The summed E-state index contributed by atoms with van der Waals surface area (Å²) < 4.78 is 52.5. The number of alkyl carbamates (subject to hydrolysis) is 1. The molecule has 5 unspecified atom stereocenters. The number of carbonyl (C=O) groups excluding carboxylic acids is 6. The van der Waals surface area contributed by atoms with E-state index < -0.39 is 125 Å². The summed E-state index contributed by atoms with van der Waals surface area (Å²) in [5.41, 5.74) is -8.84. The number of halogens is 1. The van der Waals surface area contributed by atoms with Crippen LogP contribution in [0.25, 0.3) is 0 Å². The molecule has 6 rings (SSSR count). The molecule has 0 spiro atoms. The van der Waals surface area contributed by atoms with Gasteiger partial charge in [-0.15, -0.1) is 0 Å². The molecule has 16 heteroatoms. The lowest BCUT2D eigenvalue weighted by Crippen LogP contribution is -2.81. The molecule has 0 radical (unpaired) electrons. The molecule has 1 heterocycles. The molecule has 2 aromatic carbocycles. The molecule has 3 fully saturated rings. The minimum atomic E-state index is -2.45. The number of esters is 4. The third-order valence-corrected chi connectivity index (χ3v) is 12.8. The third kappa shape index (κ3) is 7.93. The van der Waals surface area contributed by atoms with Crippen LogP contribution >= 0.6 is 0 Å². The number of nitrogens with one attached hydrogen (secondary N) is 1. The smallest absolute Gasteiger partial charge is 0.408 e. The Kier molecular flexibility index (Phi) is 12.1. The number of carbonyl (C=O) groups is 6. The molecule has 330 valence electrons. The normalized spacial score (nSPS) is 32.5. The average Bonchev–Trinajstić information content (AvgIpc) is 3.17. The van der Waals surface area contributed by atoms with Gasteiger partial charge in [0.15, 0.2) is 23.6 Å². The quantitative estimate of drug-likeness (QED) is 0.176. The van der Waals surface area contributed by atoms with Gasteiger partial charge in [-0.05, 0) is 63.5 Å². The highest BCUT2D eigenvalue weighted by atomic mass is 19.1. The molecule has 1 amide bonds. The summed E-state index contributed by atoms with van der Waals surface area (Å²) >= 11 is 0. The van der Waals surface area contributed by atoms with Crippen molar-refractivity contribution in [3.63, 3.8) is 0 Å². The maximum Gasteiger partial charge on any atom is 0.408 e. The van der Waals surface area contributed by atoms with Crippen molar-refractivity contribution in [2.24, 2.45) is 16.7 Å². The van der Waals surface area contributed by atoms with Gasteiger partial charge in [-0.25, -0.2) is 18.8 Å². The van der Waals surface area contributed by atoms with E-state index >= 15 is 9.18 Å². The first-order valence-electron chi connectivity index (χ1n) is 20.2. The van der Waals surface area contributed by atoms with Crippen LogP contribution in [-0.2, 0) is 47.6 Å². The van der Waals surface area contributed by atoms with Crippen LogP contribution in [0, 0.1) is 16.7 Å². The van der Waals surface area contributed by atoms with Crippen LogP contribution in [0.3, 0.4) is 0 Å². The zero-order valence-corrected chi connectivity index (χ0v) is 35.7. The number of Topliss-reactive ketones (excluding diaryl/α,β-unsaturated/α-hetero) is 1. The Bertz CT molecular complexity index is 2100. The first-order chi connectivity index (χ1) is 28.4. The highest BCUT2D eigenvalue weighted by molar-refractivity contribution is 5.95. The number of rotatable bonds is 9. The fraction of sp³-hybridized carbons (Fsp3) is 0.556. The number of hydrogen-bond acceptors (Lipinski definition) is 14. The van der Waals surface area contributed by atoms with E-state index in [2.05, 4.69) is 5.32 Å². The van der Waals surface area contributed by atoms with Crippen LogP contribution in [0.2, 0.25) is 0 Å². The van der Waals surface area contributed by atoms with Crippen molar-refractivity contribution in [2.75, 3.05) is 6.61 Å². The minimum Gasteiger partial charge on any atom is -0.456 e. The first kappa shape index (κ1) is 45.3. The summed E-state index contributed by atoms with van der Waals surface area (Å²) in [5, 5.41) is 27.8. The minimum absolute atomic E-state index is 0.0330. The SMILES string of the molecule is CC(=O)O[C@H]1C(=O)[C@]2(C)C(F)CC3OC[C@@]3(OC(C)=O)C2[C@H](OC(=O)c2ccccc2)[C@]2(O)CC(OC(=O)C(O)[C@@H](NC(=O)OC(C)(C)C)c3ccccc3)C(C)=C1C2(C)C. The van der Waals surface area contributed by atoms with Crippen LogP contribution in [0.4, 0.5) is 9.18 Å². The predicted octanol–water partition coefficient (Wildman–Crippen LogP) is 4.81. The van der Waals surface area contributed by atoms with Crippen LogP contribution in [-0.4, -0.2) is 106 Å². The second-order valence-electron chi connectivity index (χ2n) is 18.1. The average molecular weight is 852 g/mol. The number of fused-ring (bicyclic) bond motifs is 5. The van der Waals surface area contributed by atoms with Crippen molar-refractivity contribution >= 4 is 35.8 Å². The molecule has 2 saturated carbocycles. The maximum atomic E-state index is 17.1. The molecule has 11 atom stereocenters. The van der Waals surface area contributed by atoms with E-state index in [1.165, 1.54) is 39.8 Å².